The number of aromatic nitrogens is 2. The predicted molar refractivity (Wildman–Crippen MR) is 62.4 cm³/mol. The van der Waals surface area contributed by atoms with Crippen molar-refractivity contribution in [1.29, 1.82) is 0 Å². The van der Waals surface area contributed by atoms with Crippen LogP contribution < -0.4 is 10.5 Å². The zero-order valence-electron chi connectivity index (χ0n) is 9.21. The van der Waals surface area contributed by atoms with E-state index in [1.165, 1.54) is 0 Å². The number of aliphatic hydroxyl groups is 1. The third-order valence-electron chi connectivity index (χ3n) is 2.31. The Morgan fingerprint density at radius 3 is 2.59 bits per heavy atom. The first-order chi connectivity index (χ1) is 8.33. The van der Waals surface area contributed by atoms with Gasteiger partial charge in [0.1, 0.15) is 5.75 Å². The number of hydrogen-bond acceptors (Lipinski definition) is 5. The fourth-order valence-corrected chi connectivity index (χ4v) is 1.36. The van der Waals surface area contributed by atoms with Gasteiger partial charge >= 0.3 is 0 Å². The number of aliphatic hydroxyl groups excluding tert-OH is 1. The Morgan fingerprint density at radius 2 is 1.94 bits per heavy atom. The van der Waals surface area contributed by atoms with Gasteiger partial charge in [-0.2, -0.15) is 5.10 Å². The zero-order valence-corrected chi connectivity index (χ0v) is 9.21. The van der Waals surface area contributed by atoms with E-state index in [1.54, 1.807) is 36.5 Å². The molecule has 0 spiro atoms. The van der Waals surface area contributed by atoms with Crippen molar-refractivity contribution in [2.75, 3.05) is 0 Å². The fourth-order valence-electron chi connectivity index (χ4n) is 1.36. The van der Waals surface area contributed by atoms with Crippen LogP contribution in [0.25, 0.3) is 0 Å². The summed E-state index contributed by atoms with van der Waals surface area (Å²) in [6, 6.07) is 8.87. The Hall–Kier alpha value is -1.98. The van der Waals surface area contributed by atoms with Gasteiger partial charge in [-0.25, -0.2) is 0 Å². The molecule has 0 bridgehead atoms. The Morgan fingerprint density at radius 1 is 1.18 bits per heavy atom. The number of nitrogens with two attached hydrogens (primary N) is 1. The van der Waals surface area contributed by atoms with Gasteiger partial charge in [0, 0.05) is 12.1 Å². The Kier molecular flexibility index (Phi) is 3.64. The van der Waals surface area contributed by atoms with Crippen LogP contribution in [0.2, 0.25) is 0 Å². The molecule has 1 aromatic carbocycles. The number of hydrogen-bond donors (Lipinski definition) is 2. The van der Waals surface area contributed by atoms with Crippen LogP contribution in [-0.4, -0.2) is 15.3 Å². The lowest BCUT2D eigenvalue weighted by Crippen LogP contribution is -2.02. The summed E-state index contributed by atoms with van der Waals surface area (Å²) in [5.41, 5.74) is 7.20. The summed E-state index contributed by atoms with van der Waals surface area (Å²) < 4.78 is 5.56. The van der Waals surface area contributed by atoms with Crippen molar-refractivity contribution in [3.63, 3.8) is 0 Å². The monoisotopic (exact) mass is 231 g/mol. The summed E-state index contributed by atoms with van der Waals surface area (Å²) in [7, 11) is 0. The predicted octanol–water partition coefficient (Wildman–Crippen LogP) is 1.22. The normalized spacial score (nSPS) is 10.2. The molecule has 3 N–H and O–H groups in total. The van der Waals surface area contributed by atoms with Gasteiger partial charge in [-0.15, -0.1) is 5.10 Å². The SMILES string of the molecule is NCc1ccnnc1Oc1ccc(CO)cc1. The second-order valence-corrected chi connectivity index (χ2v) is 3.47. The van der Waals surface area contributed by atoms with Crippen LogP contribution >= 0.6 is 0 Å². The lowest BCUT2D eigenvalue weighted by molar-refractivity contribution is 0.281. The summed E-state index contributed by atoms with van der Waals surface area (Å²) >= 11 is 0. The molecule has 88 valence electrons. The van der Waals surface area contributed by atoms with Crippen LogP contribution in [0.15, 0.2) is 36.5 Å². The summed E-state index contributed by atoms with van der Waals surface area (Å²) in [6.07, 6.45) is 1.57. The average molecular weight is 231 g/mol. The number of nitrogens with zero attached hydrogens (tertiary/aromatic N) is 2. The molecule has 5 heteroatoms. The molecule has 0 aliphatic heterocycles. The Labute approximate surface area is 98.9 Å². The van der Waals surface area contributed by atoms with Gasteiger partial charge in [0.15, 0.2) is 0 Å². The van der Waals surface area contributed by atoms with Crippen LogP contribution in [0, 0.1) is 0 Å². The molecule has 17 heavy (non-hydrogen) atoms. The van der Waals surface area contributed by atoms with E-state index in [0.717, 1.165) is 11.1 Å². The molecule has 0 unspecified atom stereocenters. The second-order valence-electron chi connectivity index (χ2n) is 3.47. The molecule has 0 aliphatic rings. The molecule has 0 saturated carbocycles. The van der Waals surface area contributed by atoms with Crippen LogP contribution in [-0.2, 0) is 13.2 Å². The Bertz CT molecular complexity index is 485. The highest BCUT2D eigenvalue weighted by molar-refractivity contribution is 5.32. The molecule has 0 radical (unpaired) electrons. The minimum Gasteiger partial charge on any atom is -0.437 e. The molecule has 2 aromatic rings. The number of rotatable bonds is 4. The molecule has 1 aromatic heterocycles. The van der Waals surface area contributed by atoms with E-state index < -0.39 is 0 Å². The van der Waals surface area contributed by atoms with Crippen LogP contribution in [0.5, 0.6) is 11.6 Å². The summed E-state index contributed by atoms with van der Waals surface area (Å²) in [6.45, 7) is 0.360. The van der Waals surface area contributed by atoms with Gasteiger partial charge in [-0.3, -0.25) is 0 Å². The highest BCUT2D eigenvalue weighted by Crippen LogP contribution is 2.22. The van der Waals surface area contributed by atoms with E-state index in [0.29, 0.717) is 18.2 Å². The first-order valence-electron chi connectivity index (χ1n) is 5.22. The highest BCUT2D eigenvalue weighted by Gasteiger charge is 2.05. The van der Waals surface area contributed by atoms with Gasteiger partial charge < -0.3 is 15.6 Å². The third kappa shape index (κ3) is 2.77. The van der Waals surface area contributed by atoms with Gasteiger partial charge in [-0.05, 0) is 23.8 Å². The maximum Gasteiger partial charge on any atom is 0.243 e. The second kappa shape index (κ2) is 5.38. The quantitative estimate of drug-likeness (QED) is 0.826. The van der Waals surface area contributed by atoms with Crippen LogP contribution in [0.1, 0.15) is 11.1 Å². The summed E-state index contributed by atoms with van der Waals surface area (Å²) in [4.78, 5) is 0. The van der Waals surface area contributed by atoms with Crippen molar-refractivity contribution >= 4 is 0 Å². The van der Waals surface area contributed by atoms with E-state index in [1.807, 2.05) is 0 Å². The average Bonchev–Trinajstić information content (AvgIpc) is 2.40. The Balaban J connectivity index is 2.19. The van der Waals surface area contributed by atoms with E-state index in [4.69, 9.17) is 15.6 Å². The van der Waals surface area contributed by atoms with Crippen molar-refractivity contribution in [2.24, 2.45) is 5.73 Å². The molecule has 0 saturated heterocycles. The minimum absolute atomic E-state index is 0.0134. The standard InChI is InChI=1S/C12H13N3O2/c13-7-10-5-6-14-15-12(10)17-11-3-1-9(8-16)2-4-11/h1-6,16H,7-8,13H2. The van der Waals surface area contributed by atoms with Crippen molar-refractivity contribution in [1.82, 2.24) is 10.2 Å². The van der Waals surface area contributed by atoms with E-state index in [2.05, 4.69) is 10.2 Å². The molecule has 2 rings (SSSR count). The lowest BCUT2D eigenvalue weighted by atomic mass is 10.2. The van der Waals surface area contributed by atoms with Crippen molar-refractivity contribution in [2.45, 2.75) is 13.2 Å². The minimum atomic E-state index is 0.0134. The first kappa shape index (κ1) is 11.5. The van der Waals surface area contributed by atoms with E-state index in [-0.39, 0.29) is 6.61 Å². The van der Waals surface area contributed by atoms with Gasteiger partial charge in [0.05, 0.1) is 12.8 Å². The maximum atomic E-state index is 8.92. The molecular weight excluding hydrogens is 218 g/mol. The van der Waals surface area contributed by atoms with E-state index >= 15 is 0 Å². The molecule has 0 atom stereocenters. The largest absolute Gasteiger partial charge is 0.437 e. The zero-order chi connectivity index (χ0) is 12.1. The summed E-state index contributed by atoms with van der Waals surface area (Å²) in [5.74, 6) is 1.05. The number of benzene rings is 1. The smallest absolute Gasteiger partial charge is 0.243 e. The number of ether oxygens (including phenoxy) is 1. The molecule has 5 nitrogen and oxygen atoms in total. The summed E-state index contributed by atoms with van der Waals surface area (Å²) in [5, 5.41) is 16.6. The van der Waals surface area contributed by atoms with Crippen molar-refractivity contribution < 1.29 is 9.84 Å². The molecule has 0 amide bonds. The van der Waals surface area contributed by atoms with E-state index in [9.17, 15) is 0 Å². The van der Waals surface area contributed by atoms with Crippen molar-refractivity contribution in [3.05, 3.63) is 47.7 Å². The molecule has 1 heterocycles. The first-order valence-corrected chi connectivity index (χ1v) is 5.22. The van der Waals surface area contributed by atoms with Gasteiger partial charge in [-0.1, -0.05) is 12.1 Å². The lowest BCUT2D eigenvalue weighted by Gasteiger charge is -2.07. The molecule has 0 aliphatic carbocycles. The molecule has 0 fully saturated rings. The van der Waals surface area contributed by atoms with Crippen LogP contribution in [0.3, 0.4) is 0 Å². The topological polar surface area (TPSA) is 81.3 Å². The van der Waals surface area contributed by atoms with Gasteiger partial charge in [0.25, 0.3) is 0 Å². The fraction of sp³-hybridized carbons (Fsp3) is 0.167. The maximum absolute atomic E-state index is 8.92. The van der Waals surface area contributed by atoms with Crippen molar-refractivity contribution in [3.8, 4) is 11.6 Å². The third-order valence-corrected chi connectivity index (χ3v) is 2.31. The van der Waals surface area contributed by atoms with Gasteiger partial charge in [0.2, 0.25) is 5.88 Å². The van der Waals surface area contributed by atoms with Crippen LogP contribution in [0.4, 0.5) is 0 Å². The highest BCUT2D eigenvalue weighted by atomic mass is 16.5. The molecular formula is C12H13N3O2.